The number of methoxy groups -OCH3 is 1. The zero-order valence-electron chi connectivity index (χ0n) is 13.5. The molecule has 1 rings (SSSR count). The van der Waals surface area contributed by atoms with Gasteiger partial charge < -0.3 is 14.8 Å². The van der Waals surface area contributed by atoms with E-state index in [2.05, 4.69) is 21.9 Å². The molecule has 0 saturated carbocycles. The third-order valence-electron chi connectivity index (χ3n) is 3.49. The highest BCUT2D eigenvalue weighted by Crippen LogP contribution is 2.15. The summed E-state index contributed by atoms with van der Waals surface area (Å²) in [6, 6.07) is 0. The maximum absolute atomic E-state index is 11.2. The van der Waals surface area contributed by atoms with E-state index in [1.807, 2.05) is 0 Å². The molecule has 1 aliphatic rings. The van der Waals surface area contributed by atoms with Crippen molar-refractivity contribution >= 4 is 6.09 Å². The average molecular weight is 325 g/mol. The lowest BCUT2D eigenvalue weighted by Crippen LogP contribution is -2.29. The van der Waals surface area contributed by atoms with Crippen molar-refractivity contribution in [1.82, 2.24) is 10.6 Å². The smallest absolute Gasteiger partial charge is 0.411 e. The molecule has 0 unspecified atom stereocenters. The summed E-state index contributed by atoms with van der Waals surface area (Å²) in [6.45, 7) is 7.40. The van der Waals surface area contributed by atoms with E-state index >= 15 is 0 Å². The van der Waals surface area contributed by atoms with Crippen molar-refractivity contribution in [3.8, 4) is 0 Å². The number of allylic oxidation sites excluding steroid dienone is 2. The van der Waals surface area contributed by atoms with Crippen LogP contribution in [0.4, 0.5) is 4.79 Å². The van der Waals surface area contributed by atoms with E-state index in [9.17, 15) is 14.9 Å². The van der Waals surface area contributed by atoms with Gasteiger partial charge in [-0.2, -0.15) is 0 Å². The van der Waals surface area contributed by atoms with Gasteiger partial charge in [0.05, 0.1) is 12.0 Å². The van der Waals surface area contributed by atoms with Gasteiger partial charge in [-0.1, -0.05) is 12.7 Å². The van der Waals surface area contributed by atoms with Gasteiger partial charge in [0.25, 0.3) is 5.70 Å². The molecule has 0 atom stereocenters. The van der Waals surface area contributed by atoms with Gasteiger partial charge in [-0.05, 0) is 25.7 Å². The zero-order chi connectivity index (χ0) is 17.2. The minimum absolute atomic E-state index is 0.201. The number of hydrogen-bond acceptors (Lipinski definition) is 6. The Labute approximate surface area is 135 Å². The number of amides is 1. The van der Waals surface area contributed by atoms with Gasteiger partial charge in [-0.3, -0.25) is 15.4 Å². The standard InChI is InChI=1S/C15H23N3O5/c1-4-13(17-15(19)22-3)9-14(18(20)21)11(2)16-10-12-5-7-23-8-6-12/h4,9,12,16H,2,5-8,10H2,1,3H3,(H,17,19)/b13-4+,14-9+. The van der Waals surface area contributed by atoms with E-state index in [1.165, 1.54) is 19.3 Å². The van der Waals surface area contributed by atoms with E-state index in [0.29, 0.717) is 25.7 Å². The lowest BCUT2D eigenvalue weighted by atomic mass is 10.0. The fourth-order valence-corrected chi connectivity index (χ4v) is 2.07. The largest absolute Gasteiger partial charge is 0.453 e. The molecule has 2 N–H and O–H groups in total. The van der Waals surface area contributed by atoms with Crippen LogP contribution in [-0.4, -0.2) is 37.9 Å². The summed E-state index contributed by atoms with van der Waals surface area (Å²) in [6.07, 6.45) is 3.92. The Morgan fingerprint density at radius 2 is 2.13 bits per heavy atom. The Hall–Kier alpha value is -2.35. The minimum Gasteiger partial charge on any atom is -0.453 e. The molecular weight excluding hydrogens is 302 g/mol. The highest BCUT2D eigenvalue weighted by molar-refractivity contribution is 5.70. The monoisotopic (exact) mass is 325 g/mol. The molecule has 128 valence electrons. The Balaban J connectivity index is 2.71. The van der Waals surface area contributed by atoms with Crippen LogP contribution in [0.25, 0.3) is 0 Å². The minimum atomic E-state index is -0.696. The number of ether oxygens (including phenoxy) is 2. The first-order valence-electron chi connectivity index (χ1n) is 7.36. The molecule has 0 bridgehead atoms. The zero-order valence-corrected chi connectivity index (χ0v) is 13.5. The third-order valence-corrected chi connectivity index (χ3v) is 3.49. The molecule has 0 aromatic carbocycles. The van der Waals surface area contributed by atoms with E-state index < -0.39 is 11.0 Å². The topological polar surface area (TPSA) is 103 Å². The highest BCUT2D eigenvalue weighted by atomic mass is 16.6. The van der Waals surface area contributed by atoms with Crippen LogP contribution in [0.2, 0.25) is 0 Å². The number of nitro groups is 1. The average Bonchev–Trinajstić information content (AvgIpc) is 2.56. The molecule has 8 nitrogen and oxygen atoms in total. The molecule has 0 aromatic heterocycles. The number of carbonyl (C=O) groups excluding carboxylic acids is 1. The summed E-state index contributed by atoms with van der Waals surface area (Å²) >= 11 is 0. The van der Waals surface area contributed by atoms with Gasteiger partial charge >= 0.3 is 6.09 Å². The molecule has 1 amide bonds. The van der Waals surface area contributed by atoms with Crippen molar-refractivity contribution in [2.24, 2.45) is 5.92 Å². The Bertz CT molecular complexity index is 507. The maximum Gasteiger partial charge on any atom is 0.411 e. The number of rotatable bonds is 7. The predicted molar refractivity (Wildman–Crippen MR) is 85.1 cm³/mol. The number of alkyl carbamates (subject to hydrolysis) is 1. The van der Waals surface area contributed by atoms with Gasteiger partial charge in [0.1, 0.15) is 5.70 Å². The molecule has 0 radical (unpaired) electrons. The van der Waals surface area contributed by atoms with Crippen molar-refractivity contribution < 1.29 is 19.2 Å². The molecule has 23 heavy (non-hydrogen) atoms. The van der Waals surface area contributed by atoms with E-state index in [1.54, 1.807) is 6.92 Å². The first kappa shape index (κ1) is 18.7. The molecule has 1 heterocycles. The fraction of sp³-hybridized carbons (Fsp3) is 0.533. The predicted octanol–water partition coefficient (Wildman–Crippen LogP) is 1.94. The molecular formula is C15H23N3O5. The van der Waals surface area contributed by atoms with Gasteiger partial charge in [0.2, 0.25) is 0 Å². The van der Waals surface area contributed by atoms with Crippen LogP contribution >= 0.6 is 0 Å². The number of hydrogen-bond donors (Lipinski definition) is 2. The van der Waals surface area contributed by atoms with Gasteiger partial charge in [-0.15, -0.1) is 0 Å². The second-order valence-electron chi connectivity index (χ2n) is 5.06. The first-order valence-corrected chi connectivity index (χ1v) is 7.36. The number of carbonyl (C=O) groups is 1. The van der Waals surface area contributed by atoms with E-state index in [0.717, 1.165) is 12.8 Å². The molecule has 1 aliphatic heterocycles. The van der Waals surface area contributed by atoms with Crippen LogP contribution in [0, 0.1) is 16.0 Å². The molecule has 1 saturated heterocycles. The third kappa shape index (κ3) is 6.52. The molecule has 8 heteroatoms. The quantitative estimate of drug-likeness (QED) is 0.421. The van der Waals surface area contributed by atoms with Crippen molar-refractivity contribution in [2.75, 3.05) is 26.9 Å². The van der Waals surface area contributed by atoms with Gasteiger partial charge in [0.15, 0.2) is 0 Å². The van der Waals surface area contributed by atoms with E-state index in [4.69, 9.17) is 4.74 Å². The van der Waals surface area contributed by atoms with Crippen LogP contribution in [0.1, 0.15) is 19.8 Å². The fourth-order valence-electron chi connectivity index (χ4n) is 2.07. The molecule has 0 aromatic rings. The lowest BCUT2D eigenvalue weighted by molar-refractivity contribution is -0.421. The highest BCUT2D eigenvalue weighted by Gasteiger charge is 2.19. The summed E-state index contributed by atoms with van der Waals surface area (Å²) in [5, 5.41) is 16.6. The molecule has 0 spiro atoms. The lowest BCUT2D eigenvalue weighted by Gasteiger charge is -2.22. The molecule has 0 aliphatic carbocycles. The number of nitrogens with zero attached hydrogens (tertiary/aromatic N) is 1. The van der Waals surface area contributed by atoms with E-state index in [-0.39, 0.29) is 17.1 Å². The Kier molecular flexibility index (Phi) is 7.82. The van der Waals surface area contributed by atoms with Crippen LogP contribution in [-0.2, 0) is 9.47 Å². The van der Waals surface area contributed by atoms with Crippen LogP contribution < -0.4 is 10.6 Å². The number of nitrogens with one attached hydrogen (secondary N) is 2. The van der Waals surface area contributed by atoms with Crippen molar-refractivity contribution in [2.45, 2.75) is 19.8 Å². The Morgan fingerprint density at radius 3 is 2.65 bits per heavy atom. The van der Waals surface area contributed by atoms with Gasteiger partial charge in [-0.25, -0.2) is 4.79 Å². The summed E-state index contributed by atoms with van der Waals surface area (Å²) in [5.74, 6) is 0.405. The maximum atomic E-state index is 11.2. The second kappa shape index (κ2) is 9.62. The van der Waals surface area contributed by atoms with Gasteiger partial charge in [0, 0.05) is 31.5 Å². The molecule has 1 fully saturated rings. The normalized spacial score (nSPS) is 16.6. The van der Waals surface area contributed by atoms with Crippen molar-refractivity contribution in [1.29, 1.82) is 0 Å². The van der Waals surface area contributed by atoms with Crippen LogP contribution in [0.15, 0.2) is 35.8 Å². The van der Waals surface area contributed by atoms with Crippen LogP contribution in [0.5, 0.6) is 0 Å². The summed E-state index contributed by atoms with van der Waals surface area (Å²) in [5.41, 5.74) is 0.256. The Morgan fingerprint density at radius 1 is 1.48 bits per heavy atom. The first-order chi connectivity index (χ1) is 11.0. The summed E-state index contributed by atoms with van der Waals surface area (Å²) < 4.78 is 9.75. The van der Waals surface area contributed by atoms with Crippen molar-refractivity contribution in [3.05, 3.63) is 45.9 Å². The SMILES string of the molecule is C=C(NCC1CCOCC1)/C(=C\C(=C/C)NC(=O)OC)[N+](=O)[O-]. The van der Waals surface area contributed by atoms with Crippen molar-refractivity contribution in [3.63, 3.8) is 0 Å². The summed E-state index contributed by atoms with van der Waals surface area (Å²) in [7, 11) is 1.22. The second-order valence-corrected chi connectivity index (χ2v) is 5.06. The van der Waals surface area contributed by atoms with Crippen LogP contribution in [0.3, 0.4) is 0 Å². The summed E-state index contributed by atoms with van der Waals surface area (Å²) in [4.78, 5) is 21.9.